The van der Waals surface area contributed by atoms with Crippen molar-refractivity contribution in [1.82, 2.24) is 15.5 Å². The predicted octanol–water partition coefficient (Wildman–Crippen LogP) is 3.48. The maximum absolute atomic E-state index is 12.5. The molecule has 0 saturated heterocycles. The van der Waals surface area contributed by atoms with Crippen LogP contribution in [-0.2, 0) is 6.54 Å². The molecule has 1 aliphatic rings. The second-order valence-corrected chi connectivity index (χ2v) is 6.18. The zero-order valence-electron chi connectivity index (χ0n) is 14.2. The van der Waals surface area contributed by atoms with Crippen molar-refractivity contribution in [1.29, 1.82) is 0 Å². The lowest BCUT2D eigenvalue weighted by Gasteiger charge is -2.01. The number of nitrogens with one attached hydrogen (secondary N) is 2. The van der Waals surface area contributed by atoms with E-state index in [1.807, 2.05) is 42.5 Å². The fourth-order valence-electron chi connectivity index (χ4n) is 3.11. The number of hydrogen-bond donors (Lipinski definition) is 2. The highest BCUT2D eigenvalue weighted by molar-refractivity contribution is 6.06. The van der Waals surface area contributed by atoms with Crippen molar-refractivity contribution >= 4 is 16.8 Å². The van der Waals surface area contributed by atoms with Crippen LogP contribution in [0.25, 0.3) is 22.2 Å². The van der Waals surface area contributed by atoms with E-state index in [1.54, 1.807) is 12.3 Å². The van der Waals surface area contributed by atoms with Gasteiger partial charge in [-0.3, -0.25) is 4.79 Å². The first-order valence-electron chi connectivity index (χ1n) is 8.48. The normalized spacial score (nSPS) is 12.4. The van der Waals surface area contributed by atoms with Gasteiger partial charge in [-0.05, 0) is 24.3 Å². The summed E-state index contributed by atoms with van der Waals surface area (Å²) in [6, 6.07) is 15.0. The monoisotopic (exact) mass is 361 g/mol. The van der Waals surface area contributed by atoms with Gasteiger partial charge in [0.25, 0.3) is 5.91 Å². The van der Waals surface area contributed by atoms with E-state index in [-0.39, 0.29) is 19.2 Å². The summed E-state index contributed by atoms with van der Waals surface area (Å²) in [5.74, 6) is 1.83. The summed E-state index contributed by atoms with van der Waals surface area (Å²) in [6.07, 6.45) is 1.71. The van der Waals surface area contributed by atoms with Crippen molar-refractivity contribution in [2.45, 2.75) is 6.54 Å². The number of carbonyl (C=O) groups excluding carboxylic acids is 1. The molecule has 4 aromatic rings. The van der Waals surface area contributed by atoms with Crippen molar-refractivity contribution in [2.24, 2.45) is 0 Å². The van der Waals surface area contributed by atoms with E-state index in [1.165, 1.54) is 0 Å². The highest BCUT2D eigenvalue weighted by Crippen LogP contribution is 2.36. The number of para-hydroxylation sites is 1. The molecule has 1 aliphatic heterocycles. The maximum Gasteiger partial charge on any atom is 0.253 e. The molecule has 27 heavy (non-hydrogen) atoms. The van der Waals surface area contributed by atoms with Gasteiger partial charge in [-0.15, -0.1) is 0 Å². The Labute approximate surface area is 153 Å². The minimum Gasteiger partial charge on any atom is -0.454 e. The number of benzene rings is 2. The van der Waals surface area contributed by atoms with Crippen LogP contribution in [-0.4, -0.2) is 22.8 Å². The highest BCUT2D eigenvalue weighted by Gasteiger charge is 2.16. The van der Waals surface area contributed by atoms with E-state index < -0.39 is 0 Å². The van der Waals surface area contributed by atoms with Gasteiger partial charge in [0.05, 0.1) is 12.1 Å². The number of amides is 1. The molecule has 7 heteroatoms. The van der Waals surface area contributed by atoms with E-state index >= 15 is 0 Å². The highest BCUT2D eigenvalue weighted by atomic mass is 16.7. The fourth-order valence-corrected chi connectivity index (χ4v) is 3.11. The first-order valence-corrected chi connectivity index (χ1v) is 8.48. The molecule has 2 aromatic heterocycles. The summed E-state index contributed by atoms with van der Waals surface area (Å²) in [4.78, 5) is 15.6. The Bertz CT molecular complexity index is 1150. The van der Waals surface area contributed by atoms with Gasteiger partial charge < -0.3 is 24.3 Å². The lowest BCUT2D eigenvalue weighted by molar-refractivity contribution is 0.0951. The number of ether oxygens (including phenoxy) is 2. The van der Waals surface area contributed by atoms with Crippen molar-refractivity contribution < 1.29 is 18.8 Å². The average Bonchev–Trinajstić information content (AvgIpc) is 3.44. The lowest BCUT2D eigenvalue weighted by atomic mass is 10.1. The summed E-state index contributed by atoms with van der Waals surface area (Å²) in [5.41, 5.74) is 3.00. The Morgan fingerprint density at radius 2 is 2.00 bits per heavy atom. The molecule has 1 amide bonds. The number of H-pyrrole nitrogens is 1. The Kier molecular flexibility index (Phi) is 3.57. The third kappa shape index (κ3) is 2.79. The molecule has 0 unspecified atom stereocenters. The third-order valence-corrected chi connectivity index (χ3v) is 4.48. The first-order chi connectivity index (χ1) is 13.3. The molecule has 0 aliphatic carbocycles. The first kappa shape index (κ1) is 15.5. The zero-order valence-corrected chi connectivity index (χ0v) is 14.2. The van der Waals surface area contributed by atoms with Crippen LogP contribution in [0.4, 0.5) is 0 Å². The number of aromatic amines is 1. The Hall–Kier alpha value is -3.74. The van der Waals surface area contributed by atoms with E-state index in [9.17, 15) is 4.79 Å². The Morgan fingerprint density at radius 1 is 1.11 bits per heavy atom. The smallest absolute Gasteiger partial charge is 0.253 e. The number of nitrogens with zero attached hydrogens (tertiary/aromatic N) is 1. The topological polar surface area (TPSA) is 89.4 Å². The second kappa shape index (κ2) is 6.21. The maximum atomic E-state index is 12.5. The summed E-state index contributed by atoms with van der Waals surface area (Å²) >= 11 is 0. The van der Waals surface area contributed by atoms with Crippen molar-refractivity contribution in [3.63, 3.8) is 0 Å². The molecule has 0 radical (unpaired) electrons. The molecule has 7 nitrogen and oxygen atoms in total. The molecular weight excluding hydrogens is 346 g/mol. The number of carbonyl (C=O) groups is 1. The van der Waals surface area contributed by atoms with Gasteiger partial charge in [0.1, 0.15) is 5.69 Å². The van der Waals surface area contributed by atoms with Gasteiger partial charge in [-0.1, -0.05) is 23.4 Å². The van der Waals surface area contributed by atoms with Crippen LogP contribution in [0.15, 0.2) is 59.3 Å². The van der Waals surface area contributed by atoms with E-state index in [0.29, 0.717) is 28.5 Å². The molecule has 0 atom stereocenters. The van der Waals surface area contributed by atoms with E-state index in [0.717, 1.165) is 16.5 Å². The zero-order chi connectivity index (χ0) is 18.2. The standard InChI is InChI=1S/C20H15N3O4/c24-20(15-10-21-16-4-2-1-3-14(15)16)22-9-13-8-18(27-23-13)12-5-6-17-19(7-12)26-11-25-17/h1-8,10,21H,9,11H2,(H,22,24). The molecule has 2 aromatic carbocycles. The quantitative estimate of drug-likeness (QED) is 0.581. The molecule has 0 saturated carbocycles. The van der Waals surface area contributed by atoms with Crippen LogP contribution in [0.1, 0.15) is 16.1 Å². The fraction of sp³-hybridized carbons (Fsp3) is 0.100. The number of fused-ring (bicyclic) bond motifs is 2. The molecule has 5 rings (SSSR count). The van der Waals surface area contributed by atoms with Crippen LogP contribution in [0.5, 0.6) is 11.5 Å². The van der Waals surface area contributed by atoms with Crippen LogP contribution >= 0.6 is 0 Å². The number of hydrogen-bond acceptors (Lipinski definition) is 5. The average molecular weight is 361 g/mol. The Morgan fingerprint density at radius 3 is 2.96 bits per heavy atom. The number of aromatic nitrogens is 2. The van der Waals surface area contributed by atoms with Crippen LogP contribution in [0.3, 0.4) is 0 Å². The molecular formula is C20H15N3O4. The van der Waals surface area contributed by atoms with Gasteiger partial charge >= 0.3 is 0 Å². The molecule has 3 heterocycles. The largest absolute Gasteiger partial charge is 0.454 e. The molecule has 0 spiro atoms. The van der Waals surface area contributed by atoms with E-state index in [2.05, 4.69) is 15.5 Å². The lowest BCUT2D eigenvalue weighted by Crippen LogP contribution is -2.22. The van der Waals surface area contributed by atoms with Crippen LogP contribution in [0.2, 0.25) is 0 Å². The second-order valence-electron chi connectivity index (χ2n) is 6.18. The minimum atomic E-state index is -0.167. The summed E-state index contributed by atoms with van der Waals surface area (Å²) in [5, 5.41) is 7.79. The summed E-state index contributed by atoms with van der Waals surface area (Å²) < 4.78 is 16.1. The van der Waals surface area contributed by atoms with Gasteiger partial charge in [-0.2, -0.15) is 0 Å². The van der Waals surface area contributed by atoms with Crippen molar-refractivity contribution in [3.8, 4) is 22.8 Å². The summed E-state index contributed by atoms with van der Waals surface area (Å²) in [6.45, 7) is 0.493. The van der Waals surface area contributed by atoms with Crippen molar-refractivity contribution in [3.05, 3.63) is 66.0 Å². The van der Waals surface area contributed by atoms with Crippen molar-refractivity contribution in [2.75, 3.05) is 6.79 Å². The molecule has 134 valence electrons. The predicted molar refractivity (Wildman–Crippen MR) is 97.5 cm³/mol. The SMILES string of the molecule is O=C(NCc1cc(-c2ccc3c(c2)OCO3)on1)c1c[nH]c2ccccc12. The molecule has 0 bridgehead atoms. The minimum absolute atomic E-state index is 0.167. The van der Waals surface area contributed by atoms with Gasteiger partial charge in [0.15, 0.2) is 17.3 Å². The van der Waals surface area contributed by atoms with Gasteiger partial charge in [-0.25, -0.2) is 0 Å². The van der Waals surface area contributed by atoms with Crippen LogP contribution in [0, 0.1) is 0 Å². The van der Waals surface area contributed by atoms with Gasteiger partial charge in [0.2, 0.25) is 6.79 Å². The van der Waals surface area contributed by atoms with E-state index in [4.69, 9.17) is 14.0 Å². The Balaban J connectivity index is 1.30. The third-order valence-electron chi connectivity index (χ3n) is 4.48. The summed E-state index contributed by atoms with van der Waals surface area (Å²) in [7, 11) is 0. The molecule has 2 N–H and O–H groups in total. The van der Waals surface area contributed by atoms with Crippen LogP contribution < -0.4 is 14.8 Å². The molecule has 0 fully saturated rings. The van der Waals surface area contributed by atoms with Gasteiger partial charge in [0, 0.05) is 28.7 Å². The number of rotatable bonds is 4.